The van der Waals surface area contributed by atoms with Gasteiger partial charge in [0, 0.05) is 11.3 Å². The first-order chi connectivity index (χ1) is 9.65. The van der Waals surface area contributed by atoms with E-state index < -0.39 is 12.0 Å². The van der Waals surface area contributed by atoms with Crippen LogP contribution in [0.5, 0.6) is 0 Å². The number of carbonyl (C=O) groups excluding carboxylic acids is 1. The minimum Gasteiger partial charge on any atom is -0.481 e. The number of allylic oxidation sites excluding steroid dienone is 1. The number of hydrogen-bond acceptors (Lipinski definition) is 3. The molecule has 1 aromatic heterocycles. The van der Waals surface area contributed by atoms with Crippen molar-refractivity contribution in [2.45, 2.75) is 44.6 Å². The molecule has 20 heavy (non-hydrogen) atoms. The van der Waals surface area contributed by atoms with Crippen LogP contribution in [0.2, 0.25) is 0 Å². The standard InChI is InChI=1S/C15H19NO3S/c17-14(9-11-5-2-1-3-6-11)16-12(10-15(18)19)13-7-4-8-20-13/h4-5,7-8,12H,1-3,6,9-10H2,(H,16,17)(H,18,19). The molecule has 1 amide bonds. The third-order valence-electron chi connectivity index (χ3n) is 3.37. The lowest BCUT2D eigenvalue weighted by atomic mass is 9.97. The van der Waals surface area contributed by atoms with Gasteiger partial charge in [-0.1, -0.05) is 17.7 Å². The molecule has 1 aliphatic carbocycles. The summed E-state index contributed by atoms with van der Waals surface area (Å²) >= 11 is 1.47. The smallest absolute Gasteiger partial charge is 0.305 e. The second-order valence-electron chi connectivity index (χ2n) is 5.02. The molecule has 0 saturated carbocycles. The molecule has 0 bridgehead atoms. The van der Waals surface area contributed by atoms with Gasteiger partial charge >= 0.3 is 5.97 Å². The highest BCUT2D eigenvalue weighted by atomic mass is 32.1. The van der Waals surface area contributed by atoms with Gasteiger partial charge in [0.05, 0.1) is 12.5 Å². The number of aliphatic carboxylic acids is 1. The maximum absolute atomic E-state index is 12.1. The van der Waals surface area contributed by atoms with E-state index in [9.17, 15) is 9.59 Å². The first-order valence-corrected chi connectivity index (χ1v) is 7.75. The summed E-state index contributed by atoms with van der Waals surface area (Å²) in [4.78, 5) is 23.9. The van der Waals surface area contributed by atoms with Crippen molar-refractivity contribution in [2.75, 3.05) is 0 Å². The van der Waals surface area contributed by atoms with Crippen LogP contribution >= 0.6 is 11.3 Å². The number of hydrogen-bond donors (Lipinski definition) is 2. The minimum absolute atomic E-state index is 0.0781. The van der Waals surface area contributed by atoms with Crippen LogP contribution in [0, 0.1) is 0 Å². The summed E-state index contributed by atoms with van der Waals surface area (Å²) in [6.45, 7) is 0. The first kappa shape index (κ1) is 14.8. The molecule has 5 heteroatoms. The molecular formula is C15H19NO3S. The van der Waals surface area contributed by atoms with E-state index in [1.165, 1.54) is 23.3 Å². The van der Waals surface area contributed by atoms with Crippen LogP contribution in [-0.4, -0.2) is 17.0 Å². The zero-order valence-corrected chi connectivity index (χ0v) is 12.1. The van der Waals surface area contributed by atoms with Crippen LogP contribution in [0.4, 0.5) is 0 Å². The Balaban J connectivity index is 1.94. The zero-order valence-electron chi connectivity index (χ0n) is 11.3. The summed E-state index contributed by atoms with van der Waals surface area (Å²) in [6.07, 6.45) is 6.82. The molecule has 1 unspecified atom stereocenters. The summed E-state index contributed by atoms with van der Waals surface area (Å²) in [5.41, 5.74) is 1.18. The average molecular weight is 293 g/mol. The van der Waals surface area contributed by atoms with Crippen LogP contribution in [0.25, 0.3) is 0 Å². The third kappa shape index (κ3) is 4.49. The van der Waals surface area contributed by atoms with Gasteiger partial charge in [-0.25, -0.2) is 0 Å². The predicted octanol–water partition coefficient (Wildman–Crippen LogP) is 3.27. The van der Waals surface area contributed by atoms with Gasteiger partial charge in [0.2, 0.25) is 5.91 Å². The van der Waals surface area contributed by atoms with Gasteiger partial charge in [0.25, 0.3) is 0 Å². The second-order valence-corrected chi connectivity index (χ2v) is 6.00. The Morgan fingerprint density at radius 1 is 1.40 bits per heavy atom. The third-order valence-corrected chi connectivity index (χ3v) is 4.36. The largest absolute Gasteiger partial charge is 0.481 e. The van der Waals surface area contributed by atoms with Crippen molar-refractivity contribution in [2.24, 2.45) is 0 Å². The molecule has 0 radical (unpaired) electrons. The second kappa shape index (κ2) is 7.24. The van der Waals surface area contributed by atoms with Gasteiger partial charge in [-0.05, 0) is 37.1 Å². The van der Waals surface area contributed by atoms with Gasteiger partial charge in [0.1, 0.15) is 0 Å². The SMILES string of the molecule is O=C(O)CC(NC(=O)CC1=CCCCC1)c1cccs1. The molecular weight excluding hydrogens is 274 g/mol. The van der Waals surface area contributed by atoms with Crippen molar-refractivity contribution in [1.29, 1.82) is 0 Å². The highest BCUT2D eigenvalue weighted by Gasteiger charge is 2.19. The summed E-state index contributed by atoms with van der Waals surface area (Å²) in [7, 11) is 0. The molecule has 0 aliphatic heterocycles. The maximum atomic E-state index is 12.1. The minimum atomic E-state index is -0.902. The van der Waals surface area contributed by atoms with E-state index in [-0.39, 0.29) is 12.3 Å². The Kier molecular flexibility index (Phi) is 5.35. The molecule has 1 aromatic rings. The molecule has 2 rings (SSSR count). The lowest BCUT2D eigenvalue weighted by molar-refractivity contribution is -0.137. The van der Waals surface area contributed by atoms with Crippen molar-refractivity contribution in [3.05, 3.63) is 34.0 Å². The predicted molar refractivity (Wildman–Crippen MR) is 78.6 cm³/mol. The number of carbonyl (C=O) groups is 2. The van der Waals surface area contributed by atoms with Crippen LogP contribution < -0.4 is 5.32 Å². The molecule has 4 nitrogen and oxygen atoms in total. The van der Waals surface area contributed by atoms with Gasteiger partial charge in [-0.15, -0.1) is 11.3 Å². The average Bonchev–Trinajstić information content (AvgIpc) is 2.92. The van der Waals surface area contributed by atoms with Gasteiger partial charge in [0.15, 0.2) is 0 Å². The maximum Gasteiger partial charge on any atom is 0.305 e. The monoisotopic (exact) mass is 293 g/mol. The van der Waals surface area contributed by atoms with Crippen LogP contribution in [0.1, 0.15) is 49.4 Å². The Hall–Kier alpha value is -1.62. The fraction of sp³-hybridized carbons (Fsp3) is 0.467. The molecule has 2 N–H and O–H groups in total. The normalized spacial score (nSPS) is 16.3. The molecule has 1 aliphatic rings. The summed E-state index contributed by atoms with van der Waals surface area (Å²) in [5.74, 6) is -0.988. The van der Waals surface area contributed by atoms with Gasteiger partial charge < -0.3 is 10.4 Å². The van der Waals surface area contributed by atoms with E-state index in [1.54, 1.807) is 0 Å². The molecule has 1 atom stereocenters. The van der Waals surface area contributed by atoms with Gasteiger partial charge in [-0.3, -0.25) is 9.59 Å². The molecule has 0 spiro atoms. The summed E-state index contributed by atoms with van der Waals surface area (Å²) in [6, 6.07) is 3.30. The number of thiophene rings is 1. The Labute approximate surface area is 122 Å². The lowest BCUT2D eigenvalue weighted by Crippen LogP contribution is -2.29. The Morgan fingerprint density at radius 3 is 2.85 bits per heavy atom. The van der Waals surface area contributed by atoms with Crippen molar-refractivity contribution >= 4 is 23.2 Å². The Bertz CT molecular complexity index is 493. The highest BCUT2D eigenvalue weighted by Crippen LogP contribution is 2.24. The van der Waals surface area contributed by atoms with E-state index in [2.05, 4.69) is 11.4 Å². The van der Waals surface area contributed by atoms with Gasteiger partial charge in [-0.2, -0.15) is 0 Å². The van der Waals surface area contributed by atoms with Crippen molar-refractivity contribution in [3.8, 4) is 0 Å². The van der Waals surface area contributed by atoms with Crippen LogP contribution in [0.15, 0.2) is 29.2 Å². The molecule has 108 valence electrons. The molecule has 0 fully saturated rings. The lowest BCUT2D eigenvalue weighted by Gasteiger charge is -2.17. The number of amides is 1. The molecule has 0 aromatic carbocycles. The molecule has 0 saturated heterocycles. The zero-order chi connectivity index (χ0) is 14.4. The van der Waals surface area contributed by atoms with E-state index in [1.807, 2.05) is 17.5 Å². The van der Waals surface area contributed by atoms with Crippen molar-refractivity contribution in [3.63, 3.8) is 0 Å². The first-order valence-electron chi connectivity index (χ1n) is 6.87. The Morgan fingerprint density at radius 2 is 2.25 bits per heavy atom. The molecule has 1 heterocycles. The van der Waals surface area contributed by atoms with E-state index in [4.69, 9.17) is 5.11 Å². The number of carboxylic acids is 1. The van der Waals surface area contributed by atoms with Crippen LogP contribution in [0.3, 0.4) is 0 Å². The van der Waals surface area contributed by atoms with Crippen molar-refractivity contribution < 1.29 is 14.7 Å². The summed E-state index contributed by atoms with van der Waals surface area (Å²) in [5, 5.41) is 13.7. The quantitative estimate of drug-likeness (QED) is 0.791. The van der Waals surface area contributed by atoms with E-state index >= 15 is 0 Å². The van der Waals surface area contributed by atoms with Crippen LogP contribution in [-0.2, 0) is 9.59 Å². The van der Waals surface area contributed by atoms with Crippen molar-refractivity contribution in [1.82, 2.24) is 5.32 Å². The number of nitrogens with one attached hydrogen (secondary N) is 1. The number of rotatable bonds is 6. The fourth-order valence-electron chi connectivity index (χ4n) is 2.40. The summed E-state index contributed by atoms with van der Waals surface area (Å²) < 4.78 is 0. The van der Waals surface area contributed by atoms with E-state index in [0.29, 0.717) is 6.42 Å². The number of carboxylic acid groups (broad SMARTS) is 1. The fourth-order valence-corrected chi connectivity index (χ4v) is 3.18. The topological polar surface area (TPSA) is 66.4 Å². The van der Waals surface area contributed by atoms with E-state index in [0.717, 1.165) is 24.1 Å². The highest BCUT2D eigenvalue weighted by molar-refractivity contribution is 7.10.